The molecule has 0 saturated carbocycles. The molecule has 7 heteroatoms. The van der Waals surface area contributed by atoms with Crippen LogP contribution in [0.1, 0.15) is 18.4 Å². The number of fused-ring (bicyclic) bond motifs is 1. The predicted octanol–water partition coefficient (Wildman–Crippen LogP) is -0.0466. The van der Waals surface area contributed by atoms with Crippen LogP contribution < -0.4 is 5.73 Å². The summed E-state index contributed by atoms with van der Waals surface area (Å²) in [5.74, 6) is -1.55. The van der Waals surface area contributed by atoms with Crippen LogP contribution in [0.3, 0.4) is 0 Å². The highest BCUT2D eigenvalue weighted by Gasteiger charge is 2.62. The molecule has 0 aromatic heterocycles. The van der Waals surface area contributed by atoms with Crippen molar-refractivity contribution in [2.75, 3.05) is 13.2 Å². The zero-order valence-electron chi connectivity index (χ0n) is 13.1. The fourth-order valence-electron chi connectivity index (χ4n) is 3.47. The topological polar surface area (TPSA) is 110 Å². The minimum Gasteiger partial charge on any atom is -0.508 e. The van der Waals surface area contributed by atoms with E-state index in [2.05, 4.69) is 0 Å². The maximum absolute atomic E-state index is 12.6. The number of rotatable bonds is 4. The van der Waals surface area contributed by atoms with Crippen LogP contribution in [0.4, 0.5) is 0 Å². The Morgan fingerprint density at radius 2 is 2.08 bits per heavy atom. The summed E-state index contributed by atoms with van der Waals surface area (Å²) >= 11 is 0. The lowest BCUT2D eigenvalue weighted by molar-refractivity contribution is -0.156. The molecule has 1 aromatic carbocycles. The van der Waals surface area contributed by atoms with Crippen molar-refractivity contribution in [3.63, 3.8) is 0 Å². The van der Waals surface area contributed by atoms with Crippen LogP contribution in [0.15, 0.2) is 24.3 Å². The van der Waals surface area contributed by atoms with Crippen LogP contribution in [0.2, 0.25) is 0 Å². The number of ether oxygens (including phenoxy) is 1. The molecule has 2 aliphatic heterocycles. The Balaban J connectivity index is 1.78. The molecule has 0 bridgehead atoms. The first-order valence-electron chi connectivity index (χ1n) is 7.83. The molecule has 127 valence electrons. The highest BCUT2D eigenvalue weighted by molar-refractivity contribution is 6.15. The molecule has 3 N–H and O–H groups in total. The number of aromatic hydroxyl groups is 1. The number of nitrogens with zero attached hydrogens (tertiary/aromatic N) is 1. The van der Waals surface area contributed by atoms with Gasteiger partial charge in [-0.15, -0.1) is 0 Å². The Morgan fingerprint density at radius 3 is 2.75 bits per heavy atom. The van der Waals surface area contributed by atoms with Gasteiger partial charge in [0.1, 0.15) is 12.4 Å². The number of hydrogen-bond acceptors (Lipinski definition) is 5. The first kappa shape index (κ1) is 16.4. The number of likely N-dealkylation sites (tertiary alicyclic amines) is 1. The zero-order valence-corrected chi connectivity index (χ0v) is 13.1. The van der Waals surface area contributed by atoms with Crippen LogP contribution in [0.5, 0.6) is 5.75 Å². The quantitative estimate of drug-likeness (QED) is 0.752. The Kier molecular flexibility index (Phi) is 4.28. The summed E-state index contributed by atoms with van der Waals surface area (Å²) in [4.78, 5) is 38.3. The molecule has 0 aliphatic carbocycles. The minimum absolute atomic E-state index is 0.144. The largest absolute Gasteiger partial charge is 0.508 e. The average molecular weight is 331 g/mol. The fraction of sp³-hybridized carbons (Fsp3) is 0.412. The van der Waals surface area contributed by atoms with Gasteiger partial charge in [-0.1, -0.05) is 12.1 Å². The van der Waals surface area contributed by atoms with E-state index in [1.165, 1.54) is 23.5 Å². The normalized spacial score (nSPS) is 26.2. The van der Waals surface area contributed by atoms with Crippen LogP contribution in [-0.2, 0) is 25.5 Å². The van der Waals surface area contributed by atoms with Crippen molar-refractivity contribution in [3.05, 3.63) is 36.2 Å². The second-order valence-electron chi connectivity index (χ2n) is 6.06. The smallest absolute Gasteiger partial charge is 0.254 e. The standard InChI is InChI=1S/C17H19N2O5/c18-16(23)17-13(21)10-24-14(17)2-1-9-19(17)15(22)8-5-11-3-6-12(20)7-4-11/h3-4,6-8,14,20H,1-2,5,9-10H2,(H2,18,23). The van der Waals surface area contributed by atoms with Crippen LogP contribution in [-0.4, -0.2) is 52.4 Å². The number of carbonyl (C=O) groups is 3. The molecule has 3 rings (SSSR count). The Labute approximate surface area is 139 Å². The van der Waals surface area contributed by atoms with Crippen LogP contribution >= 0.6 is 0 Å². The number of phenols is 1. The van der Waals surface area contributed by atoms with Crippen LogP contribution in [0, 0.1) is 6.42 Å². The third-order valence-electron chi connectivity index (χ3n) is 4.67. The number of nitrogens with two attached hydrogens (primary N) is 1. The molecule has 2 fully saturated rings. The first-order valence-corrected chi connectivity index (χ1v) is 7.83. The van der Waals surface area contributed by atoms with E-state index in [-0.39, 0.29) is 12.4 Å². The molecule has 2 aliphatic rings. The second-order valence-corrected chi connectivity index (χ2v) is 6.06. The lowest BCUT2D eigenvalue weighted by Gasteiger charge is -2.43. The number of primary amides is 1. The highest BCUT2D eigenvalue weighted by atomic mass is 16.5. The van der Waals surface area contributed by atoms with Gasteiger partial charge in [0.15, 0.2) is 5.78 Å². The van der Waals surface area contributed by atoms with E-state index in [9.17, 15) is 19.5 Å². The van der Waals surface area contributed by atoms with E-state index in [1.807, 2.05) is 0 Å². The highest BCUT2D eigenvalue weighted by Crippen LogP contribution is 2.36. The summed E-state index contributed by atoms with van der Waals surface area (Å²) in [5, 5.41) is 9.28. The number of carbonyl (C=O) groups excluding carboxylic acids is 3. The number of piperidine rings is 1. The monoisotopic (exact) mass is 331 g/mol. The average Bonchev–Trinajstić information content (AvgIpc) is 2.92. The Morgan fingerprint density at radius 1 is 1.38 bits per heavy atom. The Hall–Kier alpha value is -2.41. The number of hydrogen-bond donors (Lipinski definition) is 2. The summed E-state index contributed by atoms with van der Waals surface area (Å²) in [7, 11) is 0. The Bertz CT molecular complexity index is 672. The van der Waals surface area contributed by atoms with Crippen molar-refractivity contribution >= 4 is 17.6 Å². The summed E-state index contributed by atoms with van der Waals surface area (Å²) < 4.78 is 5.40. The van der Waals surface area contributed by atoms with Gasteiger partial charge >= 0.3 is 0 Å². The molecule has 2 saturated heterocycles. The number of benzene rings is 1. The van der Waals surface area contributed by atoms with Gasteiger partial charge in [-0.2, -0.15) is 0 Å². The number of phenolic OH excluding ortho intramolecular Hbond substituents is 1. The van der Waals surface area contributed by atoms with Crippen molar-refractivity contribution in [1.29, 1.82) is 0 Å². The molecule has 24 heavy (non-hydrogen) atoms. The van der Waals surface area contributed by atoms with Gasteiger partial charge in [0.25, 0.3) is 5.91 Å². The van der Waals surface area contributed by atoms with E-state index in [4.69, 9.17) is 10.5 Å². The molecular formula is C17H19N2O5. The van der Waals surface area contributed by atoms with Crippen molar-refractivity contribution in [1.82, 2.24) is 4.90 Å². The van der Waals surface area contributed by atoms with E-state index >= 15 is 0 Å². The summed E-state index contributed by atoms with van der Waals surface area (Å²) in [5.41, 5.74) is 4.66. The van der Waals surface area contributed by atoms with Crippen molar-refractivity contribution in [3.8, 4) is 5.75 Å². The number of amides is 2. The van der Waals surface area contributed by atoms with Gasteiger partial charge in [0, 0.05) is 6.54 Å². The lowest BCUT2D eigenvalue weighted by atomic mass is 9.81. The molecule has 2 atom stereocenters. The summed E-state index contributed by atoms with van der Waals surface area (Å²) in [6.45, 7) is 0.0921. The molecule has 2 amide bonds. The third kappa shape index (κ3) is 2.54. The zero-order chi connectivity index (χ0) is 17.3. The molecule has 0 spiro atoms. The van der Waals surface area contributed by atoms with E-state index in [0.717, 1.165) is 5.56 Å². The van der Waals surface area contributed by atoms with Crippen molar-refractivity contribution < 1.29 is 24.2 Å². The number of ketones is 1. The summed E-state index contributed by atoms with van der Waals surface area (Å²) in [6.07, 6.45) is 2.25. The molecule has 1 aromatic rings. The van der Waals surface area contributed by atoms with E-state index in [0.29, 0.717) is 25.8 Å². The number of Topliss-reactive ketones (excluding diaryl/α,β-unsaturated/α-hetero) is 1. The maximum Gasteiger partial charge on any atom is 0.254 e. The van der Waals surface area contributed by atoms with Gasteiger partial charge < -0.3 is 20.5 Å². The molecule has 7 nitrogen and oxygen atoms in total. The second kappa shape index (κ2) is 6.24. The van der Waals surface area contributed by atoms with Crippen LogP contribution in [0.25, 0.3) is 0 Å². The molecule has 2 heterocycles. The predicted molar refractivity (Wildman–Crippen MR) is 83.7 cm³/mol. The SMILES string of the molecule is NC(=O)C12C(=O)COC1CCCN2C(=O)[CH]Cc1ccc(O)cc1. The minimum atomic E-state index is -1.68. The third-order valence-corrected chi connectivity index (χ3v) is 4.67. The molecule has 1 radical (unpaired) electrons. The first-order chi connectivity index (χ1) is 11.5. The summed E-state index contributed by atoms with van der Waals surface area (Å²) in [6, 6.07) is 6.46. The van der Waals surface area contributed by atoms with Gasteiger partial charge in [0.05, 0.1) is 12.5 Å². The van der Waals surface area contributed by atoms with Gasteiger partial charge in [-0.3, -0.25) is 14.4 Å². The van der Waals surface area contributed by atoms with E-state index < -0.39 is 29.2 Å². The van der Waals surface area contributed by atoms with Gasteiger partial charge in [-0.25, -0.2) is 0 Å². The maximum atomic E-state index is 12.6. The van der Waals surface area contributed by atoms with Gasteiger partial charge in [-0.05, 0) is 37.0 Å². The van der Waals surface area contributed by atoms with Crippen molar-refractivity contribution in [2.24, 2.45) is 5.73 Å². The van der Waals surface area contributed by atoms with E-state index in [1.54, 1.807) is 12.1 Å². The molecule has 2 unspecified atom stereocenters. The van der Waals surface area contributed by atoms with Gasteiger partial charge in [0.2, 0.25) is 11.4 Å². The molecular weight excluding hydrogens is 312 g/mol. The fourth-order valence-corrected chi connectivity index (χ4v) is 3.47. The van der Waals surface area contributed by atoms with Crippen molar-refractivity contribution in [2.45, 2.75) is 30.9 Å². The lowest BCUT2D eigenvalue weighted by Crippen LogP contribution is -2.69.